The lowest BCUT2D eigenvalue weighted by Crippen LogP contribution is -2.32. The second-order valence-electron chi connectivity index (χ2n) is 1.95. The van der Waals surface area contributed by atoms with E-state index in [1.165, 1.54) is 0 Å². The van der Waals surface area contributed by atoms with Gasteiger partial charge in [0.25, 0.3) is 0 Å². The van der Waals surface area contributed by atoms with E-state index in [2.05, 4.69) is 4.37 Å². The van der Waals surface area contributed by atoms with E-state index in [4.69, 9.17) is 0 Å². The van der Waals surface area contributed by atoms with Crippen LogP contribution in [0.2, 0.25) is 0 Å². The van der Waals surface area contributed by atoms with Crippen molar-refractivity contribution < 1.29 is 22.0 Å². The number of hydrogen-bond acceptors (Lipinski definition) is 2. The largest absolute Gasteiger partial charge is 0.459 e. The van der Waals surface area contributed by atoms with Crippen molar-refractivity contribution in [2.45, 2.75) is 12.1 Å². The molecule has 0 unspecified atom stereocenters. The molecule has 0 radical (unpaired) electrons. The van der Waals surface area contributed by atoms with Gasteiger partial charge in [-0.2, -0.15) is 22.0 Å². The molecule has 0 spiro atoms. The molecule has 12 heavy (non-hydrogen) atoms. The van der Waals surface area contributed by atoms with E-state index < -0.39 is 17.0 Å². The molecule has 0 amide bonds. The molecule has 0 aliphatic rings. The van der Waals surface area contributed by atoms with Crippen molar-refractivity contribution in [1.29, 1.82) is 0 Å². The predicted octanol–water partition coefficient (Wildman–Crippen LogP) is 2.80. The first kappa shape index (κ1) is 9.37. The molecule has 0 saturated carbocycles. The minimum atomic E-state index is -5.54. The van der Waals surface area contributed by atoms with Crippen molar-refractivity contribution in [3.8, 4) is 0 Å². The summed E-state index contributed by atoms with van der Waals surface area (Å²) in [6, 6.07) is 0.651. The molecule has 0 aliphatic carbocycles. The Morgan fingerprint density at radius 3 is 2.08 bits per heavy atom. The highest BCUT2D eigenvalue weighted by Crippen LogP contribution is 2.44. The monoisotopic (exact) mass is 203 g/mol. The van der Waals surface area contributed by atoms with Crippen molar-refractivity contribution in [3.05, 3.63) is 17.1 Å². The van der Waals surface area contributed by atoms with E-state index in [0.29, 0.717) is 6.07 Å². The van der Waals surface area contributed by atoms with Crippen LogP contribution >= 0.6 is 11.5 Å². The topological polar surface area (TPSA) is 12.9 Å². The molecular weight excluding hydrogens is 201 g/mol. The lowest BCUT2D eigenvalue weighted by atomic mass is 10.3. The van der Waals surface area contributed by atoms with Crippen LogP contribution in [0.25, 0.3) is 0 Å². The van der Waals surface area contributed by atoms with Crippen molar-refractivity contribution >= 4 is 11.5 Å². The maximum atomic E-state index is 12.3. The number of rotatable bonds is 1. The SMILES string of the molecule is FC(F)(F)C(F)(F)c1ccns1. The molecule has 0 fully saturated rings. The first-order valence-electron chi connectivity index (χ1n) is 2.71. The van der Waals surface area contributed by atoms with Gasteiger partial charge in [0.05, 0.1) is 0 Å². The van der Waals surface area contributed by atoms with Crippen LogP contribution < -0.4 is 0 Å². The van der Waals surface area contributed by atoms with Crippen LogP contribution in [-0.4, -0.2) is 10.5 Å². The van der Waals surface area contributed by atoms with Gasteiger partial charge >= 0.3 is 12.1 Å². The van der Waals surface area contributed by atoms with E-state index >= 15 is 0 Å². The van der Waals surface area contributed by atoms with Gasteiger partial charge < -0.3 is 0 Å². The lowest BCUT2D eigenvalue weighted by molar-refractivity contribution is -0.287. The summed E-state index contributed by atoms with van der Waals surface area (Å²) in [5.74, 6) is -4.78. The Kier molecular flexibility index (Phi) is 2.07. The van der Waals surface area contributed by atoms with Gasteiger partial charge in [-0.05, 0) is 17.6 Å². The summed E-state index contributed by atoms with van der Waals surface area (Å²) < 4.78 is 62.7. The fraction of sp³-hybridized carbons (Fsp3) is 0.400. The van der Waals surface area contributed by atoms with Crippen LogP contribution in [0.4, 0.5) is 22.0 Å². The molecule has 0 N–H and O–H groups in total. The standard InChI is InChI=1S/C5H2F5NS/c6-4(7,5(8,9)10)3-1-2-11-12-3/h1-2H. The molecule has 1 heterocycles. The van der Waals surface area contributed by atoms with Gasteiger partial charge in [0.1, 0.15) is 4.88 Å². The Morgan fingerprint density at radius 2 is 1.75 bits per heavy atom. The minimum absolute atomic E-state index is 0.137. The highest BCUT2D eigenvalue weighted by atomic mass is 32.1. The molecular formula is C5H2F5NS. The second-order valence-corrected chi connectivity index (χ2v) is 2.78. The van der Waals surface area contributed by atoms with E-state index in [0.717, 1.165) is 6.20 Å². The Hall–Kier alpha value is -0.720. The van der Waals surface area contributed by atoms with Crippen LogP contribution in [0.5, 0.6) is 0 Å². The van der Waals surface area contributed by atoms with E-state index in [1.807, 2.05) is 0 Å². The second kappa shape index (κ2) is 2.65. The zero-order valence-electron chi connectivity index (χ0n) is 5.40. The summed E-state index contributed by atoms with van der Waals surface area (Å²) in [6.45, 7) is 0. The molecule has 0 bridgehead atoms. The van der Waals surface area contributed by atoms with Gasteiger partial charge in [-0.25, -0.2) is 4.37 Å². The molecule has 0 atom stereocenters. The highest BCUT2D eigenvalue weighted by molar-refractivity contribution is 7.05. The number of alkyl halides is 5. The lowest BCUT2D eigenvalue weighted by Gasteiger charge is -2.16. The molecule has 0 aromatic carbocycles. The molecule has 1 rings (SSSR count). The van der Waals surface area contributed by atoms with Crippen molar-refractivity contribution in [2.24, 2.45) is 0 Å². The van der Waals surface area contributed by atoms with E-state index in [1.54, 1.807) is 0 Å². The minimum Gasteiger partial charge on any atom is -0.201 e. The van der Waals surface area contributed by atoms with Crippen LogP contribution in [0.1, 0.15) is 4.88 Å². The van der Waals surface area contributed by atoms with Crippen LogP contribution in [-0.2, 0) is 5.92 Å². The number of aromatic nitrogens is 1. The van der Waals surface area contributed by atoms with E-state index in [-0.39, 0.29) is 11.5 Å². The van der Waals surface area contributed by atoms with Gasteiger partial charge in [-0.3, -0.25) is 0 Å². The Bertz CT molecular complexity index is 251. The predicted molar refractivity (Wildman–Crippen MR) is 32.1 cm³/mol. The van der Waals surface area contributed by atoms with Crippen molar-refractivity contribution in [1.82, 2.24) is 4.37 Å². The summed E-state index contributed by atoms with van der Waals surface area (Å²) in [5.41, 5.74) is 0. The fourth-order valence-corrected chi connectivity index (χ4v) is 1.10. The molecule has 7 heteroatoms. The van der Waals surface area contributed by atoms with Crippen LogP contribution in [0, 0.1) is 0 Å². The van der Waals surface area contributed by atoms with Gasteiger partial charge in [0, 0.05) is 6.20 Å². The third kappa shape index (κ3) is 1.40. The smallest absolute Gasteiger partial charge is 0.201 e. The molecule has 68 valence electrons. The van der Waals surface area contributed by atoms with Crippen LogP contribution in [0.15, 0.2) is 12.3 Å². The van der Waals surface area contributed by atoms with Crippen LogP contribution in [0.3, 0.4) is 0 Å². The highest BCUT2D eigenvalue weighted by Gasteiger charge is 2.59. The third-order valence-electron chi connectivity index (χ3n) is 1.10. The third-order valence-corrected chi connectivity index (χ3v) is 1.92. The van der Waals surface area contributed by atoms with Gasteiger partial charge in [0.2, 0.25) is 0 Å². The van der Waals surface area contributed by atoms with Crippen molar-refractivity contribution in [3.63, 3.8) is 0 Å². The Labute approximate surface area is 68.0 Å². The normalized spacial score (nSPS) is 13.4. The van der Waals surface area contributed by atoms with Gasteiger partial charge in [0.15, 0.2) is 0 Å². The summed E-state index contributed by atoms with van der Waals surface area (Å²) in [6.07, 6.45) is -4.64. The zero-order valence-corrected chi connectivity index (χ0v) is 6.22. The first-order valence-corrected chi connectivity index (χ1v) is 3.49. The maximum absolute atomic E-state index is 12.3. The quantitative estimate of drug-likeness (QED) is 0.639. The van der Waals surface area contributed by atoms with Gasteiger partial charge in [-0.15, -0.1) is 0 Å². The number of hydrogen-bond donors (Lipinski definition) is 0. The average Bonchev–Trinajstić information content (AvgIpc) is 2.34. The Balaban J connectivity index is 3.02. The van der Waals surface area contributed by atoms with Gasteiger partial charge in [-0.1, -0.05) is 0 Å². The first-order chi connectivity index (χ1) is 5.36. The number of halogens is 5. The van der Waals surface area contributed by atoms with E-state index in [9.17, 15) is 22.0 Å². The fourth-order valence-electron chi connectivity index (χ4n) is 0.517. The van der Waals surface area contributed by atoms with Crippen molar-refractivity contribution in [2.75, 3.05) is 0 Å². The Morgan fingerprint density at radius 1 is 1.17 bits per heavy atom. The number of nitrogens with zero attached hydrogens (tertiary/aromatic N) is 1. The molecule has 0 aliphatic heterocycles. The summed E-state index contributed by atoms with van der Waals surface area (Å²) >= 11 is 0.137. The zero-order chi connectivity index (χ0) is 9.41. The summed E-state index contributed by atoms with van der Waals surface area (Å²) in [5, 5.41) is 0. The summed E-state index contributed by atoms with van der Waals surface area (Å²) in [7, 11) is 0. The molecule has 1 aromatic heterocycles. The molecule has 1 aromatic rings. The average molecular weight is 203 g/mol. The molecule has 0 saturated heterocycles. The maximum Gasteiger partial charge on any atom is 0.459 e. The summed E-state index contributed by atoms with van der Waals surface area (Å²) in [4.78, 5) is -1.09. The molecule has 1 nitrogen and oxygen atoms in total.